The molecule has 0 unspecified atom stereocenters. The van der Waals surface area contributed by atoms with Crippen LogP contribution in [-0.4, -0.2) is 23.9 Å². The van der Waals surface area contributed by atoms with Crippen molar-refractivity contribution in [2.45, 2.75) is 55.4 Å². The van der Waals surface area contributed by atoms with Gasteiger partial charge in [-0.2, -0.15) is 0 Å². The van der Waals surface area contributed by atoms with Crippen molar-refractivity contribution >= 4 is 23.9 Å². The molecule has 1 aromatic carbocycles. The van der Waals surface area contributed by atoms with Gasteiger partial charge in [0.25, 0.3) is 0 Å². The van der Waals surface area contributed by atoms with Crippen molar-refractivity contribution in [3.8, 4) is 0 Å². The third kappa shape index (κ3) is 8.41. The molecule has 4 rings (SSSR count). The number of carbonyl (C=O) groups excluding carboxylic acids is 4. The highest BCUT2D eigenvalue weighted by Gasteiger charge is 2.32. The summed E-state index contributed by atoms with van der Waals surface area (Å²) in [7, 11) is 0. The number of carbonyl (C=O) groups is 4. The number of esters is 4. The molecule has 1 aliphatic carbocycles. The fraction of sp³-hybridized carbons (Fsp3) is 0.320. The summed E-state index contributed by atoms with van der Waals surface area (Å²) in [4.78, 5) is 43.6. The van der Waals surface area contributed by atoms with Crippen molar-refractivity contribution in [3.63, 3.8) is 0 Å². The summed E-state index contributed by atoms with van der Waals surface area (Å²) in [6.45, 7) is 16.0. The lowest BCUT2D eigenvalue weighted by Gasteiger charge is -1.86. The zero-order chi connectivity index (χ0) is 24.4. The first-order valence-corrected chi connectivity index (χ1v) is 10.5. The highest BCUT2D eigenvalue weighted by atomic mass is 16.6. The van der Waals surface area contributed by atoms with E-state index in [9.17, 15) is 19.2 Å². The third-order valence-corrected chi connectivity index (χ3v) is 3.16. The minimum absolute atomic E-state index is 0.307. The Labute approximate surface area is 184 Å². The predicted molar refractivity (Wildman–Crippen MR) is 121 cm³/mol. The quantitative estimate of drug-likeness (QED) is 0.297. The lowest BCUT2D eigenvalue weighted by Crippen LogP contribution is -1.97. The van der Waals surface area contributed by atoms with Crippen LogP contribution in [-0.2, 0) is 19.1 Å². The lowest BCUT2D eigenvalue weighted by atomic mass is 10.1. The number of hydrogen-bond donors (Lipinski definition) is 0. The first-order valence-electron chi connectivity index (χ1n) is 10.5. The summed E-state index contributed by atoms with van der Waals surface area (Å²) in [5.41, 5.74) is 4.09. The summed E-state index contributed by atoms with van der Waals surface area (Å²) in [6, 6.07) is 6.53. The molecule has 0 atom stereocenters. The topological polar surface area (TPSA) is 86.7 Å². The highest BCUT2D eigenvalue weighted by molar-refractivity contribution is 6.18. The normalized spacial score (nSPS) is 13.5. The van der Waals surface area contributed by atoms with Crippen LogP contribution in [0.5, 0.6) is 0 Å². The summed E-state index contributed by atoms with van der Waals surface area (Å²) < 4.78 is 8.74. The fourth-order valence-corrected chi connectivity index (χ4v) is 2.08. The summed E-state index contributed by atoms with van der Waals surface area (Å²) in [5.74, 6) is -2.27. The van der Waals surface area contributed by atoms with E-state index < -0.39 is 23.9 Å². The molecule has 2 heterocycles. The molecule has 2 aliphatic heterocycles. The Morgan fingerprint density at radius 3 is 1.23 bits per heavy atom. The van der Waals surface area contributed by atoms with Crippen LogP contribution in [0, 0.1) is 0 Å². The van der Waals surface area contributed by atoms with Crippen molar-refractivity contribution in [1.82, 2.24) is 0 Å². The molecular formula is C25H32O6. The molecule has 0 spiro atoms. The van der Waals surface area contributed by atoms with Gasteiger partial charge in [0.2, 0.25) is 0 Å². The van der Waals surface area contributed by atoms with E-state index >= 15 is 0 Å². The molecule has 0 aromatic heterocycles. The summed E-state index contributed by atoms with van der Waals surface area (Å²) in [6.07, 6.45) is 6.17. The average Bonchev–Trinajstić information content (AvgIpc) is 3.14. The Morgan fingerprint density at radius 1 is 0.548 bits per heavy atom. The molecule has 0 amide bonds. The second-order valence-corrected chi connectivity index (χ2v) is 4.56. The Kier molecular flexibility index (Phi) is 16.6. The van der Waals surface area contributed by atoms with Crippen molar-refractivity contribution in [1.29, 1.82) is 0 Å². The van der Waals surface area contributed by atoms with Gasteiger partial charge in [-0.15, -0.1) is 5.73 Å². The number of cyclic esters (lactones) is 4. The standard InChI is InChI=1S/C9H4O3.C8H4O3.4C2H6/c10-8-6-4-2-1-3-5-7(6)9(11)12-8;9-7-5-3-1-2-4-6(5)8(10)11-7;4*1-2/h2-5H;1-4H;4*1-2H3. The van der Waals surface area contributed by atoms with E-state index in [2.05, 4.69) is 15.2 Å². The number of allylic oxidation sites excluding steroid dienone is 3. The van der Waals surface area contributed by atoms with Crippen LogP contribution >= 0.6 is 0 Å². The molecule has 1 fully saturated rings. The molecule has 3 aliphatic rings. The second-order valence-electron chi connectivity index (χ2n) is 4.56. The van der Waals surface area contributed by atoms with Gasteiger partial charge in [-0.3, -0.25) is 0 Å². The van der Waals surface area contributed by atoms with Crippen LogP contribution in [0.1, 0.15) is 76.1 Å². The van der Waals surface area contributed by atoms with Crippen LogP contribution < -0.4 is 0 Å². The van der Waals surface area contributed by atoms with Gasteiger partial charge in [0.1, 0.15) is 0 Å². The SMILES string of the molecule is CC.CC.CC.CC.O=C1OC(=O)C2=CC=C=CC=C12.O=C1OC(=O)c2ccccc21. The van der Waals surface area contributed by atoms with Gasteiger partial charge in [-0.05, 0) is 36.4 Å². The molecule has 1 aromatic rings. The van der Waals surface area contributed by atoms with E-state index in [-0.39, 0.29) is 0 Å². The molecule has 168 valence electrons. The number of ether oxygens (including phenoxy) is 2. The minimum Gasteiger partial charge on any atom is -0.386 e. The van der Waals surface area contributed by atoms with Crippen molar-refractivity contribution in [3.05, 3.63) is 76.6 Å². The van der Waals surface area contributed by atoms with Gasteiger partial charge < -0.3 is 9.47 Å². The molecule has 0 bridgehead atoms. The van der Waals surface area contributed by atoms with Crippen molar-refractivity contribution < 1.29 is 28.7 Å². The Bertz CT molecular complexity index is 814. The molecule has 0 N–H and O–H groups in total. The molecule has 31 heavy (non-hydrogen) atoms. The molecule has 0 saturated carbocycles. The fourth-order valence-electron chi connectivity index (χ4n) is 2.08. The van der Waals surface area contributed by atoms with Crippen LogP contribution in [0.25, 0.3) is 0 Å². The van der Waals surface area contributed by atoms with Gasteiger partial charge in [0.05, 0.1) is 22.3 Å². The number of benzene rings is 1. The lowest BCUT2D eigenvalue weighted by molar-refractivity contribution is -0.149. The number of hydrogen-bond acceptors (Lipinski definition) is 6. The predicted octanol–water partition coefficient (Wildman–Crippen LogP) is 5.75. The zero-order valence-electron chi connectivity index (χ0n) is 19.6. The smallest absolute Gasteiger partial charge is 0.346 e. The molecule has 6 nitrogen and oxygen atoms in total. The van der Waals surface area contributed by atoms with E-state index in [4.69, 9.17) is 0 Å². The van der Waals surface area contributed by atoms with Gasteiger partial charge in [0, 0.05) is 0 Å². The van der Waals surface area contributed by atoms with Gasteiger partial charge in [-0.1, -0.05) is 67.5 Å². The maximum atomic E-state index is 11.0. The first-order chi connectivity index (χ1) is 15.1. The number of rotatable bonds is 0. The van der Waals surface area contributed by atoms with Gasteiger partial charge in [0.15, 0.2) is 0 Å². The summed E-state index contributed by atoms with van der Waals surface area (Å²) in [5, 5.41) is 0. The monoisotopic (exact) mass is 428 g/mol. The molecular weight excluding hydrogens is 396 g/mol. The van der Waals surface area contributed by atoms with Crippen LogP contribution in [0.4, 0.5) is 0 Å². The van der Waals surface area contributed by atoms with E-state index in [1.54, 1.807) is 36.4 Å². The van der Waals surface area contributed by atoms with Crippen LogP contribution in [0.3, 0.4) is 0 Å². The zero-order valence-corrected chi connectivity index (χ0v) is 19.6. The number of fused-ring (bicyclic) bond motifs is 2. The third-order valence-electron chi connectivity index (χ3n) is 3.16. The molecule has 0 radical (unpaired) electrons. The average molecular weight is 429 g/mol. The van der Waals surface area contributed by atoms with Crippen molar-refractivity contribution in [2.75, 3.05) is 0 Å². The van der Waals surface area contributed by atoms with Gasteiger partial charge in [-0.25, -0.2) is 19.2 Å². The van der Waals surface area contributed by atoms with Crippen LogP contribution in [0.2, 0.25) is 0 Å². The van der Waals surface area contributed by atoms with E-state index in [1.807, 2.05) is 55.4 Å². The highest BCUT2D eigenvalue weighted by Crippen LogP contribution is 2.22. The second kappa shape index (κ2) is 17.4. The Balaban J connectivity index is 0. The largest absolute Gasteiger partial charge is 0.386 e. The molecule has 6 heteroatoms. The first kappa shape index (κ1) is 29.7. The van der Waals surface area contributed by atoms with E-state index in [1.165, 1.54) is 12.2 Å². The van der Waals surface area contributed by atoms with Gasteiger partial charge >= 0.3 is 23.9 Å². The van der Waals surface area contributed by atoms with Crippen LogP contribution in [0.15, 0.2) is 65.4 Å². The Hall–Kier alpha value is -3.50. The minimum atomic E-state index is -0.584. The van der Waals surface area contributed by atoms with Crippen molar-refractivity contribution in [2.24, 2.45) is 0 Å². The maximum absolute atomic E-state index is 11.0. The maximum Gasteiger partial charge on any atom is 0.346 e. The van der Waals surface area contributed by atoms with E-state index in [0.29, 0.717) is 22.3 Å². The molecule has 1 saturated heterocycles. The Morgan fingerprint density at radius 2 is 0.871 bits per heavy atom. The van der Waals surface area contributed by atoms with E-state index in [0.717, 1.165) is 0 Å². The summed E-state index contributed by atoms with van der Waals surface area (Å²) >= 11 is 0.